The van der Waals surface area contributed by atoms with Crippen LogP contribution >= 0.6 is 0 Å². The minimum atomic E-state index is -0.972. The van der Waals surface area contributed by atoms with E-state index in [2.05, 4.69) is 15.4 Å². The zero-order valence-electron chi connectivity index (χ0n) is 15.6. The van der Waals surface area contributed by atoms with E-state index in [0.717, 1.165) is 6.20 Å². The van der Waals surface area contributed by atoms with E-state index in [1.54, 1.807) is 49.6 Å². The van der Waals surface area contributed by atoms with Crippen molar-refractivity contribution in [2.45, 2.75) is 12.6 Å². The van der Waals surface area contributed by atoms with Crippen molar-refractivity contribution in [1.29, 1.82) is 0 Å². The summed E-state index contributed by atoms with van der Waals surface area (Å²) in [5, 5.41) is 6.52. The Hall–Kier alpha value is -3.75. The van der Waals surface area contributed by atoms with Gasteiger partial charge in [0.05, 0.1) is 24.1 Å². The van der Waals surface area contributed by atoms with Crippen LogP contribution in [0.1, 0.15) is 16.2 Å². The van der Waals surface area contributed by atoms with Gasteiger partial charge in [0.15, 0.2) is 11.5 Å². The van der Waals surface area contributed by atoms with Gasteiger partial charge in [0.25, 0.3) is 11.8 Å². The molecule has 3 aromatic rings. The molecule has 148 valence electrons. The molecule has 4 rings (SSSR count). The molecule has 0 saturated heterocycles. The third-order valence-corrected chi connectivity index (χ3v) is 4.55. The van der Waals surface area contributed by atoms with Crippen LogP contribution in [0.3, 0.4) is 0 Å². The number of benzene rings is 1. The van der Waals surface area contributed by atoms with Crippen LogP contribution in [0, 0.1) is 5.82 Å². The molecule has 2 aromatic heterocycles. The van der Waals surface area contributed by atoms with Crippen LogP contribution in [0.4, 0.5) is 10.1 Å². The first-order valence-corrected chi connectivity index (χ1v) is 8.96. The fourth-order valence-electron chi connectivity index (χ4n) is 3.07. The van der Waals surface area contributed by atoms with Crippen molar-refractivity contribution in [1.82, 2.24) is 20.1 Å². The van der Waals surface area contributed by atoms with Crippen LogP contribution < -0.4 is 15.0 Å². The Labute approximate surface area is 165 Å². The number of anilines is 1. The van der Waals surface area contributed by atoms with Gasteiger partial charge < -0.3 is 15.0 Å². The first-order valence-electron chi connectivity index (χ1n) is 8.96. The molecular weight excluding hydrogens is 377 g/mol. The molecule has 1 aromatic carbocycles. The number of para-hydroxylation sites is 2. The lowest BCUT2D eigenvalue weighted by atomic mass is 10.2. The van der Waals surface area contributed by atoms with Crippen molar-refractivity contribution in [3.05, 3.63) is 72.1 Å². The number of nitrogens with zero attached hydrogens (tertiary/aromatic N) is 4. The van der Waals surface area contributed by atoms with Crippen molar-refractivity contribution in [2.24, 2.45) is 0 Å². The summed E-state index contributed by atoms with van der Waals surface area (Å²) in [7, 11) is 1.59. The Morgan fingerprint density at radius 2 is 2.07 bits per heavy atom. The van der Waals surface area contributed by atoms with Gasteiger partial charge in [0.1, 0.15) is 18.4 Å². The fourth-order valence-corrected chi connectivity index (χ4v) is 3.07. The second-order valence-corrected chi connectivity index (χ2v) is 6.55. The van der Waals surface area contributed by atoms with Gasteiger partial charge in [-0.2, -0.15) is 5.10 Å². The van der Waals surface area contributed by atoms with Crippen LogP contribution in [0.25, 0.3) is 0 Å². The van der Waals surface area contributed by atoms with Gasteiger partial charge in [-0.15, -0.1) is 0 Å². The Kier molecular flexibility index (Phi) is 4.94. The molecule has 9 heteroatoms. The van der Waals surface area contributed by atoms with Gasteiger partial charge in [-0.25, -0.2) is 4.39 Å². The molecule has 0 fully saturated rings. The largest absolute Gasteiger partial charge is 0.489 e. The first kappa shape index (κ1) is 18.6. The molecule has 3 heterocycles. The number of rotatable bonds is 4. The zero-order valence-corrected chi connectivity index (χ0v) is 15.6. The lowest BCUT2D eigenvalue weighted by Gasteiger charge is -2.20. The molecule has 29 heavy (non-hydrogen) atoms. The predicted molar refractivity (Wildman–Crippen MR) is 102 cm³/mol. The highest BCUT2D eigenvalue weighted by Gasteiger charge is 2.31. The number of hydrogen-bond acceptors (Lipinski definition) is 5. The number of ether oxygens (including phenoxy) is 1. The molecule has 8 nitrogen and oxygen atoms in total. The number of likely N-dealkylation sites (N-methyl/N-ethyl adjacent to an activating group) is 1. The zero-order chi connectivity index (χ0) is 20.4. The maximum absolute atomic E-state index is 14.3. The Morgan fingerprint density at radius 3 is 2.86 bits per heavy atom. The molecule has 0 bridgehead atoms. The lowest BCUT2D eigenvalue weighted by Crippen LogP contribution is -2.49. The fraction of sp³-hybridized carbons (Fsp3) is 0.200. The van der Waals surface area contributed by atoms with Crippen LogP contribution in [-0.2, 0) is 11.3 Å². The van der Waals surface area contributed by atoms with E-state index in [0.29, 0.717) is 17.1 Å². The predicted octanol–water partition coefficient (Wildman–Crippen LogP) is 1.62. The SMILES string of the molecule is CN1C(=O)[C@@H](NC(=O)c2nn(Cc3ccccn3)cc2F)COc2ccccc21. The van der Waals surface area contributed by atoms with Crippen LogP contribution in [0.2, 0.25) is 0 Å². The van der Waals surface area contributed by atoms with E-state index in [-0.39, 0.29) is 19.1 Å². The molecule has 0 unspecified atom stereocenters. The van der Waals surface area contributed by atoms with E-state index in [4.69, 9.17) is 4.74 Å². The third kappa shape index (κ3) is 3.79. The van der Waals surface area contributed by atoms with E-state index < -0.39 is 23.5 Å². The minimum Gasteiger partial charge on any atom is -0.489 e. The summed E-state index contributed by atoms with van der Waals surface area (Å²) in [4.78, 5) is 30.8. The molecule has 0 radical (unpaired) electrons. The number of nitrogens with one attached hydrogen (secondary N) is 1. The van der Waals surface area contributed by atoms with Crippen molar-refractivity contribution in [3.8, 4) is 5.75 Å². The van der Waals surface area contributed by atoms with Crippen LogP contribution in [0.5, 0.6) is 5.75 Å². The number of halogens is 1. The van der Waals surface area contributed by atoms with E-state index in [1.165, 1.54) is 9.58 Å². The summed E-state index contributed by atoms with van der Waals surface area (Å²) in [6.45, 7) is 0.150. The quantitative estimate of drug-likeness (QED) is 0.725. The Morgan fingerprint density at radius 1 is 1.28 bits per heavy atom. The van der Waals surface area contributed by atoms with Crippen molar-refractivity contribution in [3.63, 3.8) is 0 Å². The molecule has 2 amide bonds. The first-order chi connectivity index (χ1) is 14.0. The van der Waals surface area contributed by atoms with Crippen LogP contribution in [-0.4, -0.2) is 46.3 Å². The second kappa shape index (κ2) is 7.70. The van der Waals surface area contributed by atoms with E-state index in [9.17, 15) is 14.0 Å². The topological polar surface area (TPSA) is 89.4 Å². The van der Waals surface area contributed by atoms with E-state index in [1.807, 2.05) is 6.07 Å². The summed E-state index contributed by atoms with van der Waals surface area (Å²) in [5.74, 6) is -1.40. The number of pyridine rings is 1. The monoisotopic (exact) mass is 395 g/mol. The van der Waals surface area contributed by atoms with Crippen molar-refractivity contribution in [2.75, 3.05) is 18.6 Å². The van der Waals surface area contributed by atoms with Gasteiger partial charge in [0, 0.05) is 13.2 Å². The third-order valence-electron chi connectivity index (χ3n) is 4.55. The van der Waals surface area contributed by atoms with Gasteiger partial charge in [-0.1, -0.05) is 18.2 Å². The highest BCUT2D eigenvalue weighted by Crippen LogP contribution is 2.29. The molecule has 0 saturated carbocycles. The number of fused-ring (bicyclic) bond motifs is 1. The summed E-state index contributed by atoms with van der Waals surface area (Å²) in [6, 6.07) is 11.4. The van der Waals surface area contributed by atoms with E-state index >= 15 is 0 Å². The number of carbonyl (C=O) groups is 2. The lowest BCUT2D eigenvalue weighted by molar-refractivity contribution is -0.120. The van der Waals surface area contributed by atoms with Crippen molar-refractivity contribution >= 4 is 17.5 Å². The highest BCUT2D eigenvalue weighted by atomic mass is 19.1. The maximum atomic E-state index is 14.3. The molecule has 0 aliphatic carbocycles. The summed E-state index contributed by atoms with van der Waals surface area (Å²) < 4.78 is 21.2. The molecule has 0 spiro atoms. The molecule has 1 aliphatic rings. The highest BCUT2D eigenvalue weighted by molar-refractivity contribution is 6.02. The average molecular weight is 395 g/mol. The van der Waals surface area contributed by atoms with Gasteiger partial charge >= 0.3 is 0 Å². The Balaban J connectivity index is 1.49. The average Bonchev–Trinajstić information content (AvgIpc) is 3.05. The normalized spacial score (nSPS) is 16.0. The van der Waals surface area contributed by atoms with Gasteiger partial charge in [0.2, 0.25) is 0 Å². The summed E-state index contributed by atoms with van der Waals surface area (Å²) in [5.41, 5.74) is 0.881. The number of hydrogen-bond donors (Lipinski definition) is 1. The second-order valence-electron chi connectivity index (χ2n) is 6.55. The van der Waals surface area contributed by atoms with Crippen molar-refractivity contribution < 1.29 is 18.7 Å². The molecule has 1 aliphatic heterocycles. The van der Waals surface area contributed by atoms with Gasteiger partial charge in [-0.3, -0.25) is 19.3 Å². The van der Waals surface area contributed by atoms with Gasteiger partial charge in [-0.05, 0) is 24.3 Å². The standard InChI is InChI=1S/C20H18FN5O3/c1-25-16-7-2-3-8-17(16)29-12-15(20(25)28)23-19(27)18-14(21)11-26(24-18)10-13-6-4-5-9-22-13/h2-9,11,15H,10,12H2,1H3,(H,23,27)/t15-/m0/s1. The number of amides is 2. The summed E-state index contributed by atoms with van der Waals surface area (Å²) in [6.07, 6.45) is 2.74. The molecular formula is C20H18FN5O3. The summed E-state index contributed by atoms with van der Waals surface area (Å²) >= 11 is 0. The maximum Gasteiger partial charge on any atom is 0.275 e. The number of carbonyl (C=O) groups excluding carboxylic acids is 2. The smallest absolute Gasteiger partial charge is 0.275 e. The molecule has 1 atom stereocenters. The number of aromatic nitrogens is 3. The van der Waals surface area contributed by atoms with Crippen LogP contribution in [0.15, 0.2) is 54.9 Å². The minimum absolute atomic E-state index is 0.0673. The molecule has 1 N–H and O–H groups in total. The Bertz CT molecular complexity index is 1050.